The first-order chi connectivity index (χ1) is 7.60. The fraction of sp³-hybridized carbons (Fsp3) is 0.333. The molecule has 1 aromatic heterocycles. The highest BCUT2D eigenvalue weighted by atomic mass is 35.5. The van der Waals surface area contributed by atoms with Crippen LogP contribution in [0, 0.1) is 0 Å². The van der Waals surface area contributed by atoms with Gasteiger partial charge in [-0.25, -0.2) is 0 Å². The molecule has 0 radical (unpaired) electrons. The van der Waals surface area contributed by atoms with Crippen LogP contribution in [0.2, 0.25) is 5.15 Å². The number of carbonyl (C=O) groups excluding carboxylic acids is 2. The van der Waals surface area contributed by atoms with E-state index in [4.69, 9.17) is 11.6 Å². The first-order valence-electron chi connectivity index (χ1n) is 4.25. The number of ether oxygens (including phenoxy) is 2. The van der Waals surface area contributed by atoms with Crippen molar-refractivity contribution in [2.45, 2.75) is 5.92 Å². The Morgan fingerprint density at radius 1 is 1.19 bits per heavy atom. The Morgan fingerprint density at radius 2 is 1.75 bits per heavy atom. The molecule has 1 rings (SSSR count). The van der Waals surface area contributed by atoms with Crippen LogP contribution in [0.15, 0.2) is 12.1 Å². The largest absolute Gasteiger partial charge is 0.468 e. The third-order valence-electron chi connectivity index (χ3n) is 1.82. The van der Waals surface area contributed by atoms with E-state index < -0.39 is 17.9 Å². The van der Waals surface area contributed by atoms with E-state index in [2.05, 4.69) is 19.7 Å². The van der Waals surface area contributed by atoms with E-state index >= 15 is 0 Å². The van der Waals surface area contributed by atoms with Crippen LogP contribution < -0.4 is 0 Å². The van der Waals surface area contributed by atoms with Gasteiger partial charge in [0.2, 0.25) is 0 Å². The zero-order valence-corrected chi connectivity index (χ0v) is 9.39. The number of hydrogen-bond donors (Lipinski definition) is 0. The van der Waals surface area contributed by atoms with Crippen molar-refractivity contribution in [2.75, 3.05) is 14.2 Å². The average molecular weight is 245 g/mol. The maximum Gasteiger partial charge on any atom is 0.326 e. The van der Waals surface area contributed by atoms with Crippen molar-refractivity contribution in [1.82, 2.24) is 10.2 Å². The molecule has 16 heavy (non-hydrogen) atoms. The van der Waals surface area contributed by atoms with Gasteiger partial charge in [-0.1, -0.05) is 11.6 Å². The number of rotatable bonds is 3. The molecule has 0 fully saturated rings. The molecule has 0 aromatic carbocycles. The molecule has 0 aliphatic rings. The van der Waals surface area contributed by atoms with Crippen molar-refractivity contribution in [3.63, 3.8) is 0 Å². The van der Waals surface area contributed by atoms with Gasteiger partial charge in [0.05, 0.1) is 19.9 Å². The second-order valence-electron chi connectivity index (χ2n) is 2.76. The molecule has 1 heterocycles. The topological polar surface area (TPSA) is 78.4 Å². The van der Waals surface area contributed by atoms with Crippen LogP contribution in [0.5, 0.6) is 0 Å². The zero-order chi connectivity index (χ0) is 12.1. The van der Waals surface area contributed by atoms with Crippen LogP contribution in [0.1, 0.15) is 11.6 Å². The maximum atomic E-state index is 11.4. The first-order valence-corrected chi connectivity index (χ1v) is 4.62. The van der Waals surface area contributed by atoms with Crippen LogP contribution in [0.4, 0.5) is 0 Å². The predicted octanol–water partition coefficient (Wildman–Crippen LogP) is 0.560. The molecule has 0 N–H and O–H groups in total. The summed E-state index contributed by atoms with van der Waals surface area (Å²) in [6.07, 6.45) is 0. The van der Waals surface area contributed by atoms with E-state index in [1.807, 2.05) is 0 Å². The van der Waals surface area contributed by atoms with Crippen LogP contribution in [0.3, 0.4) is 0 Å². The molecular formula is C9H9ClN2O4. The van der Waals surface area contributed by atoms with Gasteiger partial charge in [-0.3, -0.25) is 9.59 Å². The van der Waals surface area contributed by atoms with Crippen LogP contribution in [-0.2, 0) is 19.1 Å². The Bertz CT molecular complexity index is 377. The molecule has 0 bridgehead atoms. The lowest BCUT2D eigenvalue weighted by atomic mass is 10.1. The third-order valence-corrected chi connectivity index (χ3v) is 2.02. The molecule has 0 amide bonds. The van der Waals surface area contributed by atoms with E-state index in [-0.39, 0.29) is 10.8 Å². The summed E-state index contributed by atoms with van der Waals surface area (Å²) in [5, 5.41) is 7.33. The highest BCUT2D eigenvalue weighted by Crippen LogP contribution is 2.17. The lowest BCUT2D eigenvalue weighted by Crippen LogP contribution is -2.25. The molecule has 0 saturated heterocycles. The van der Waals surface area contributed by atoms with Gasteiger partial charge in [-0.05, 0) is 12.1 Å². The number of esters is 2. The quantitative estimate of drug-likeness (QED) is 0.571. The van der Waals surface area contributed by atoms with Crippen molar-refractivity contribution in [1.29, 1.82) is 0 Å². The van der Waals surface area contributed by atoms with Crippen LogP contribution >= 0.6 is 11.6 Å². The molecule has 6 nitrogen and oxygen atoms in total. The van der Waals surface area contributed by atoms with Gasteiger partial charge in [0, 0.05) is 0 Å². The first kappa shape index (κ1) is 12.4. The van der Waals surface area contributed by atoms with Crippen molar-refractivity contribution in [3.8, 4) is 0 Å². The minimum absolute atomic E-state index is 0.128. The normalized spacial score (nSPS) is 10.0. The highest BCUT2D eigenvalue weighted by molar-refractivity contribution is 6.29. The summed E-state index contributed by atoms with van der Waals surface area (Å²) >= 11 is 5.54. The van der Waals surface area contributed by atoms with Crippen molar-refractivity contribution in [2.24, 2.45) is 0 Å². The number of carbonyl (C=O) groups is 2. The van der Waals surface area contributed by atoms with E-state index in [1.54, 1.807) is 0 Å². The molecule has 0 saturated carbocycles. The summed E-state index contributed by atoms with van der Waals surface area (Å²) in [5.74, 6) is -2.76. The number of hydrogen-bond acceptors (Lipinski definition) is 6. The monoisotopic (exact) mass is 244 g/mol. The smallest absolute Gasteiger partial charge is 0.326 e. The lowest BCUT2D eigenvalue weighted by molar-refractivity contribution is -0.154. The molecule has 86 valence electrons. The average Bonchev–Trinajstić information content (AvgIpc) is 2.31. The summed E-state index contributed by atoms with van der Waals surface area (Å²) in [5.41, 5.74) is 0.128. The van der Waals surface area contributed by atoms with Gasteiger partial charge in [0.1, 0.15) is 0 Å². The SMILES string of the molecule is COC(=O)C(C(=O)OC)c1ccc(Cl)nn1. The molecule has 0 spiro atoms. The lowest BCUT2D eigenvalue weighted by Gasteiger charge is -2.10. The maximum absolute atomic E-state index is 11.4. The number of nitrogens with zero attached hydrogens (tertiary/aromatic N) is 2. The van der Waals surface area contributed by atoms with Gasteiger partial charge < -0.3 is 9.47 Å². The van der Waals surface area contributed by atoms with Gasteiger partial charge >= 0.3 is 11.9 Å². The Balaban J connectivity index is 3.06. The molecule has 0 aliphatic carbocycles. The minimum Gasteiger partial charge on any atom is -0.468 e. The van der Waals surface area contributed by atoms with Crippen molar-refractivity contribution in [3.05, 3.63) is 23.0 Å². The molecule has 0 aliphatic heterocycles. The van der Waals surface area contributed by atoms with Gasteiger partial charge in [-0.15, -0.1) is 5.10 Å². The molecule has 0 atom stereocenters. The number of methoxy groups -OCH3 is 2. The van der Waals surface area contributed by atoms with Crippen LogP contribution in [0.25, 0.3) is 0 Å². The zero-order valence-electron chi connectivity index (χ0n) is 8.64. The number of aromatic nitrogens is 2. The summed E-state index contributed by atoms with van der Waals surface area (Å²) in [6.45, 7) is 0. The molecule has 1 aromatic rings. The highest BCUT2D eigenvalue weighted by Gasteiger charge is 2.32. The van der Waals surface area contributed by atoms with E-state index in [0.29, 0.717) is 0 Å². The molecular weight excluding hydrogens is 236 g/mol. The van der Waals surface area contributed by atoms with Crippen molar-refractivity contribution < 1.29 is 19.1 Å². The summed E-state index contributed by atoms with van der Waals surface area (Å²) < 4.78 is 8.96. The van der Waals surface area contributed by atoms with Gasteiger partial charge in [0.15, 0.2) is 11.1 Å². The fourth-order valence-corrected chi connectivity index (χ4v) is 1.15. The Hall–Kier alpha value is -1.69. The van der Waals surface area contributed by atoms with Crippen LogP contribution in [-0.4, -0.2) is 36.4 Å². The Morgan fingerprint density at radius 3 is 2.12 bits per heavy atom. The standard InChI is InChI=1S/C9H9ClN2O4/c1-15-8(13)7(9(14)16-2)5-3-4-6(10)12-11-5/h3-4,7H,1-2H3. The summed E-state index contributed by atoms with van der Waals surface area (Å²) in [6, 6.07) is 2.83. The molecule has 0 unspecified atom stereocenters. The summed E-state index contributed by atoms with van der Waals surface area (Å²) in [4.78, 5) is 22.7. The number of halogens is 1. The van der Waals surface area contributed by atoms with Gasteiger partial charge in [-0.2, -0.15) is 5.10 Å². The molecule has 7 heteroatoms. The van der Waals surface area contributed by atoms with Gasteiger partial charge in [0.25, 0.3) is 0 Å². The van der Waals surface area contributed by atoms with E-state index in [0.717, 1.165) is 0 Å². The predicted molar refractivity (Wildman–Crippen MR) is 53.8 cm³/mol. The van der Waals surface area contributed by atoms with E-state index in [9.17, 15) is 9.59 Å². The second-order valence-corrected chi connectivity index (χ2v) is 3.15. The third kappa shape index (κ3) is 2.66. The van der Waals surface area contributed by atoms with Crippen molar-refractivity contribution >= 4 is 23.5 Å². The minimum atomic E-state index is -1.24. The second kappa shape index (κ2) is 5.41. The Kier molecular flexibility index (Phi) is 4.19. The van der Waals surface area contributed by atoms with E-state index in [1.165, 1.54) is 26.4 Å². The Labute approximate surface area is 96.5 Å². The summed E-state index contributed by atoms with van der Waals surface area (Å²) in [7, 11) is 2.34. The fourth-order valence-electron chi connectivity index (χ4n) is 1.05.